The fourth-order valence-corrected chi connectivity index (χ4v) is 3.03. The number of hydrogen-bond donors (Lipinski definition) is 1. The highest BCUT2D eigenvalue weighted by atomic mass is 35.5. The van der Waals surface area contributed by atoms with Crippen LogP contribution in [0.2, 0.25) is 5.02 Å². The number of sulfonamides is 1. The molecule has 0 spiro atoms. The fourth-order valence-electron chi connectivity index (χ4n) is 2.08. The first-order chi connectivity index (χ1) is 12.1. The Morgan fingerprint density at radius 2 is 1.85 bits per heavy atom. The van der Waals surface area contributed by atoms with Gasteiger partial charge in [-0.05, 0) is 25.2 Å². The second-order valence-electron chi connectivity index (χ2n) is 5.30. The first-order valence-electron chi connectivity index (χ1n) is 7.24. The third-order valence-corrected chi connectivity index (χ3v) is 5.45. The highest BCUT2D eigenvalue weighted by Gasteiger charge is 2.19. The van der Waals surface area contributed by atoms with Gasteiger partial charge in [-0.15, -0.1) is 0 Å². The number of hydrogen-bond acceptors (Lipinski definition) is 6. The molecule has 0 radical (unpaired) electrons. The molecule has 0 atom stereocenters. The maximum atomic E-state index is 12.3. The maximum Gasteiger partial charge on any atom is 0.340 e. The molecule has 0 saturated heterocycles. The van der Waals surface area contributed by atoms with Crippen molar-refractivity contribution in [1.82, 2.24) is 13.9 Å². The monoisotopic (exact) mass is 401 g/mol. The van der Waals surface area contributed by atoms with Crippen LogP contribution in [-0.2, 0) is 35.5 Å². The summed E-state index contributed by atoms with van der Waals surface area (Å²) in [5.74, 6) is -0.892. The Morgan fingerprint density at radius 3 is 2.46 bits per heavy atom. The summed E-state index contributed by atoms with van der Waals surface area (Å²) in [7, 11) is 0.224. The average Bonchev–Trinajstić information content (AvgIpc) is 2.61. The quantitative estimate of drug-likeness (QED) is 0.705. The molecule has 9 nitrogen and oxygen atoms in total. The van der Waals surface area contributed by atoms with Gasteiger partial charge in [0, 0.05) is 20.2 Å². The zero-order chi connectivity index (χ0) is 19.6. The standard InChI is InChI=1S/C15H16ClN3O6S/c1-17-26(23,24)10-4-5-12(16)11(7-10)14(21)25-8-9-6-13(20)19(3)15(22)18(9)2/h4-7,17H,8H2,1-3H3. The SMILES string of the molecule is CNS(=O)(=O)c1ccc(Cl)c(C(=O)OCc2cc(=O)n(C)c(=O)n2C)c1. The molecular weight excluding hydrogens is 386 g/mol. The number of halogens is 1. The van der Waals surface area contributed by atoms with Crippen LogP contribution in [-0.4, -0.2) is 30.6 Å². The van der Waals surface area contributed by atoms with E-state index in [9.17, 15) is 22.8 Å². The summed E-state index contributed by atoms with van der Waals surface area (Å²) in [5.41, 5.74) is -1.08. The Balaban J connectivity index is 2.31. The topological polar surface area (TPSA) is 116 Å². The largest absolute Gasteiger partial charge is 0.456 e. The lowest BCUT2D eigenvalue weighted by atomic mass is 10.2. The van der Waals surface area contributed by atoms with E-state index in [-0.39, 0.29) is 27.8 Å². The molecule has 0 fully saturated rings. The van der Waals surface area contributed by atoms with E-state index < -0.39 is 27.2 Å². The van der Waals surface area contributed by atoms with E-state index >= 15 is 0 Å². The predicted octanol–water partition coefficient (Wildman–Crippen LogP) is 0.00250. The first-order valence-corrected chi connectivity index (χ1v) is 9.10. The second-order valence-corrected chi connectivity index (χ2v) is 7.59. The van der Waals surface area contributed by atoms with Gasteiger partial charge in [0.25, 0.3) is 5.56 Å². The minimum absolute atomic E-state index is 0.00270. The lowest BCUT2D eigenvalue weighted by Crippen LogP contribution is -2.38. The van der Waals surface area contributed by atoms with Crippen molar-refractivity contribution in [3.8, 4) is 0 Å². The van der Waals surface area contributed by atoms with Gasteiger partial charge in [0.2, 0.25) is 10.0 Å². The molecule has 0 unspecified atom stereocenters. The van der Waals surface area contributed by atoms with E-state index in [4.69, 9.17) is 16.3 Å². The number of benzene rings is 1. The number of rotatable bonds is 5. The van der Waals surface area contributed by atoms with Crippen LogP contribution >= 0.6 is 11.6 Å². The molecule has 1 aromatic carbocycles. The van der Waals surface area contributed by atoms with E-state index in [1.807, 2.05) is 0 Å². The molecule has 26 heavy (non-hydrogen) atoms. The number of nitrogens with one attached hydrogen (secondary N) is 1. The first kappa shape index (κ1) is 19.9. The van der Waals surface area contributed by atoms with E-state index in [0.717, 1.165) is 21.3 Å². The van der Waals surface area contributed by atoms with Crippen LogP contribution in [0.25, 0.3) is 0 Å². The normalized spacial score (nSPS) is 11.4. The van der Waals surface area contributed by atoms with Crippen LogP contribution in [0.15, 0.2) is 38.8 Å². The van der Waals surface area contributed by atoms with Crippen molar-refractivity contribution in [3.05, 3.63) is 61.4 Å². The van der Waals surface area contributed by atoms with E-state index in [1.165, 1.54) is 33.3 Å². The van der Waals surface area contributed by atoms with Gasteiger partial charge in [0.05, 0.1) is 21.2 Å². The minimum Gasteiger partial charge on any atom is -0.456 e. The van der Waals surface area contributed by atoms with Gasteiger partial charge in [0.1, 0.15) is 6.61 Å². The van der Waals surface area contributed by atoms with Gasteiger partial charge in [-0.25, -0.2) is 22.7 Å². The summed E-state index contributed by atoms with van der Waals surface area (Å²) in [6.07, 6.45) is 0. The molecule has 140 valence electrons. The molecule has 0 aliphatic heterocycles. The zero-order valence-corrected chi connectivity index (χ0v) is 15.7. The van der Waals surface area contributed by atoms with Crippen molar-refractivity contribution in [3.63, 3.8) is 0 Å². The molecule has 0 amide bonds. The van der Waals surface area contributed by atoms with Gasteiger partial charge in [-0.3, -0.25) is 13.9 Å². The molecule has 1 N–H and O–H groups in total. The molecule has 0 bridgehead atoms. The van der Waals surface area contributed by atoms with Crippen molar-refractivity contribution < 1.29 is 17.9 Å². The van der Waals surface area contributed by atoms with E-state index in [0.29, 0.717) is 0 Å². The Bertz CT molecular complexity index is 1090. The Kier molecular flexibility index (Phi) is 5.69. The maximum absolute atomic E-state index is 12.3. The van der Waals surface area contributed by atoms with Crippen LogP contribution in [0, 0.1) is 0 Å². The molecule has 2 aromatic rings. The van der Waals surface area contributed by atoms with Gasteiger partial charge in [-0.1, -0.05) is 11.6 Å². The van der Waals surface area contributed by atoms with E-state index in [1.54, 1.807) is 0 Å². The zero-order valence-electron chi connectivity index (χ0n) is 14.1. The summed E-state index contributed by atoms with van der Waals surface area (Å²) < 4.78 is 33.0. The van der Waals surface area contributed by atoms with Gasteiger partial charge < -0.3 is 4.74 Å². The van der Waals surface area contributed by atoms with Crippen molar-refractivity contribution in [2.75, 3.05) is 7.05 Å². The summed E-state index contributed by atoms with van der Waals surface area (Å²) in [6, 6.07) is 4.75. The predicted molar refractivity (Wildman–Crippen MR) is 93.7 cm³/mol. The van der Waals surface area contributed by atoms with Gasteiger partial charge in [0.15, 0.2) is 0 Å². The molecule has 0 aliphatic rings. The number of carbonyl (C=O) groups excluding carboxylic acids is 1. The highest BCUT2D eigenvalue weighted by Crippen LogP contribution is 2.21. The van der Waals surface area contributed by atoms with Crippen LogP contribution in [0.1, 0.15) is 16.1 Å². The molecule has 1 heterocycles. The van der Waals surface area contributed by atoms with Crippen LogP contribution < -0.4 is 16.0 Å². The smallest absolute Gasteiger partial charge is 0.340 e. The fraction of sp³-hybridized carbons (Fsp3) is 0.267. The van der Waals surface area contributed by atoms with Gasteiger partial charge >= 0.3 is 11.7 Å². The van der Waals surface area contributed by atoms with E-state index in [2.05, 4.69) is 4.72 Å². The number of esters is 1. The van der Waals surface area contributed by atoms with Crippen LogP contribution in [0.5, 0.6) is 0 Å². The minimum atomic E-state index is -3.77. The lowest BCUT2D eigenvalue weighted by molar-refractivity contribution is 0.0462. The van der Waals surface area contributed by atoms with Crippen molar-refractivity contribution in [2.24, 2.45) is 14.1 Å². The van der Waals surface area contributed by atoms with Crippen molar-refractivity contribution in [2.45, 2.75) is 11.5 Å². The molecule has 0 saturated carbocycles. The third-order valence-electron chi connectivity index (χ3n) is 3.71. The molecule has 1 aromatic heterocycles. The number of nitrogens with zero attached hydrogens (tertiary/aromatic N) is 2. The Labute approximate surface area is 153 Å². The third kappa shape index (κ3) is 3.87. The lowest BCUT2D eigenvalue weighted by Gasteiger charge is -2.11. The molecule has 11 heteroatoms. The molecule has 2 rings (SSSR count). The summed E-state index contributed by atoms with van der Waals surface area (Å²) in [4.78, 5) is 35.6. The van der Waals surface area contributed by atoms with Crippen molar-refractivity contribution in [1.29, 1.82) is 0 Å². The highest BCUT2D eigenvalue weighted by molar-refractivity contribution is 7.89. The second kappa shape index (κ2) is 7.44. The van der Waals surface area contributed by atoms with Crippen LogP contribution in [0.4, 0.5) is 0 Å². The number of carbonyl (C=O) groups is 1. The van der Waals surface area contributed by atoms with Gasteiger partial charge in [-0.2, -0.15) is 0 Å². The summed E-state index contributed by atoms with van der Waals surface area (Å²) in [6.45, 7) is -0.361. The summed E-state index contributed by atoms with van der Waals surface area (Å²) >= 11 is 5.94. The van der Waals surface area contributed by atoms with Crippen molar-refractivity contribution >= 4 is 27.6 Å². The summed E-state index contributed by atoms with van der Waals surface area (Å²) in [5, 5.41) is 0.00270. The Morgan fingerprint density at radius 1 is 1.19 bits per heavy atom. The van der Waals surface area contributed by atoms with Crippen LogP contribution in [0.3, 0.4) is 0 Å². The molecule has 0 aliphatic carbocycles. The average molecular weight is 402 g/mol. The molecular formula is C15H16ClN3O6S. The number of ether oxygens (including phenoxy) is 1. The Hall–Kier alpha value is -2.43. The number of aromatic nitrogens is 2.